The molecule has 2 amide bonds. The minimum Gasteiger partial charge on any atom is -0.352 e. The van der Waals surface area contributed by atoms with E-state index in [0.29, 0.717) is 23.7 Å². The lowest BCUT2D eigenvalue weighted by atomic mass is 10.0. The molecule has 0 unspecified atom stereocenters. The summed E-state index contributed by atoms with van der Waals surface area (Å²) in [7, 11) is 0. The van der Waals surface area contributed by atoms with Crippen LogP contribution in [0.3, 0.4) is 0 Å². The molecule has 0 radical (unpaired) electrons. The van der Waals surface area contributed by atoms with Gasteiger partial charge >= 0.3 is 0 Å². The highest BCUT2D eigenvalue weighted by atomic mass is 35.5. The Kier molecular flexibility index (Phi) is 10.9. The molecule has 0 saturated heterocycles. The quantitative estimate of drug-likeness (QED) is 0.298. The van der Waals surface area contributed by atoms with Gasteiger partial charge in [0.2, 0.25) is 11.8 Å². The Hall–Kier alpha value is -2.76. The highest BCUT2D eigenvalue weighted by Gasteiger charge is 2.30. The minimum absolute atomic E-state index is 0.0290. The Labute approximate surface area is 224 Å². The van der Waals surface area contributed by atoms with Crippen molar-refractivity contribution in [1.29, 1.82) is 0 Å². The fourth-order valence-corrected chi connectivity index (χ4v) is 5.14. The van der Waals surface area contributed by atoms with Gasteiger partial charge in [-0.15, -0.1) is 11.8 Å². The molecule has 0 fully saturated rings. The van der Waals surface area contributed by atoms with Gasteiger partial charge in [-0.05, 0) is 43.0 Å². The number of nitrogens with one attached hydrogen (secondary N) is 1. The van der Waals surface area contributed by atoms with Crippen molar-refractivity contribution in [3.63, 3.8) is 0 Å². The summed E-state index contributed by atoms with van der Waals surface area (Å²) in [5.41, 5.74) is 4.15. The second-order valence-electron chi connectivity index (χ2n) is 9.12. The van der Waals surface area contributed by atoms with Gasteiger partial charge in [0.1, 0.15) is 6.04 Å². The predicted molar refractivity (Wildman–Crippen MR) is 151 cm³/mol. The number of thioether (sulfide) groups is 1. The molecule has 2 atom stereocenters. The second kappa shape index (κ2) is 14.1. The van der Waals surface area contributed by atoms with Crippen LogP contribution in [0.5, 0.6) is 0 Å². The summed E-state index contributed by atoms with van der Waals surface area (Å²) in [5.74, 6) is 0.713. The van der Waals surface area contributed by atoms with Gasteiger partial charge < -0.3 is 10.2 Å². The van der Waals surface area contributed by atoms with Crippen LogP contribution < -0.4 is 5.32 Å². The Morgan fingerprint density at radius 2 is 1.67 bits per heavy atom. The van der Waals surface area contributed by atoms with E-state index in [9.17, 15) is 9.59 Å². The zero-order chi connectivity index (χ0) is 25.9. The number of amides is 2. The first-order valence-corrected chi connectivity index (χ1v) is 13.9. The van der Waals surface area contributed by atoms with Gasteiger partial charge in [-0.1, -0.05) is 96.9 Å². The molecule has 0 aliphatic heterocycles. The van der Waals surface area contributed by atoms with E-state index in [1.807, 2.05) is 93.6 Å². The van der Waals surface area contributed by atoms with Crippen molar-refractivity contribution in [3.8, 4) is 0 Å². The lowest BCUT2D eigenvalue weighted by molar-refractivity contribution is -0.139. The van der Waals surface area contributed by atoms with Gasteiger partial charge in [-0.3, -0.25) is 9.59 Å². The third-order valence-electron chi connectivity index (χ3n) is 6.15. The molecule has 190 valence electrons. The first kappa shape index (κ1) is 27.8. The second-order valence-corrected chi connectivity index (χ2v) is 10.5. The SMILES string of the molecule is CC[C@H](C)NC(=O)[C@@H](Cc1ccccc1)N(Cc1cccc(C)c1)C(=O)CSCc1ccccc1Cl. The molecule has 4 nitrogen and oxygen atoms in total. The number of aryl methyl sites for hydroxylation is 1. The number of carbonyl (C=O) groups excluding carboxylic acids is 2. The van der Waals surface area contributed by atoms with Crippen molar-refractivity contribution in [2.45, 2.75) is 58.0 Å². The molecule has 0 aliphatic carbocycles. The van der Waals surface area contributed by atoms with E-state index in [1.165, 1.54) is 11.8 Å². The van der Waals surface area contributed by atoms with E-state index in [2.05, 4.69) is 11.4 Å². The van der Waals surface area contributed by atoms with Crippen molar-refractivity contribution in [2.75, 3.05) is 5.75 Å². The van der Waals surface area contributed by atoms with Gasteiger partial charge in [0.05, 0.1) is 5.75 Å². The Balaban J connectivity index is 1.86. The van der Waals surface area contributed by atoms with Crippen molar-refractivity contribution in [1.82, 2.24) is 10.2 Å². The van der Waals surface area contributed by atoms with Crippen LogP contribution in [-0.4, -0.2) is 34.6 Å². The summed E-state index contributed by atoms with van der Waals surface area (Å²) in [6.45, 7) is 6.44. The van der Waals surface area contributed by atoms with Gasteiger partial charge in [0.15, 0.2) is 0 Å². The molecule has 0 spiro atoms. The zero-order valence-corrected chi connectivity index (χ0v) is 22.8. The Morgan fingerprint density at radius 1 is 0.972 bits per heavy atom. The van der Waals surface area contributed by atoms with Crippen LogP contribution in [0.4, 0.5) is 0 Å². The normalized spacial score (nSPS) is 12.6. The summed E-state index contributed by atoms with van der Waals surface area (Å²) in [5, 5.41) is 3.81. The highest BCUT2D eigenvalue weighted by molar-refractivity contribution is 7.99. The first-order chi connectivity index (χ1) is 17.4. The molecule has 36 heavy (non-hydrogen) atoms. The molecule has 0 heterocycles. The average Bonchev–Trinajstić information content (AvgIpc) is 2.87. The minimum atomic E-state index is -0.615. The van der Waals surface area contributed by atoms with Crippen LogP contribution in [0.15, 0.2) is 78.9 Å². The maximum Gasteiger partial charge on any atom is 0.243 e. The summed E-state index contributed by atoms with van der Waals surface area (Å²) < 4.78 is 0. The van der Waals surface area contributed by atoms with E-state index in [0.717, 1.165) is 28.7 Å². The van der Waals surface area contributed by atoms with Gasteiger partial charge in [-0.2, -0.15) is 0 Å². The third kappa shape index (κ3) is 8.42. The number of benzene rings is 3. The molecule has 3 aromatic rings. The van der Waals surface area contributed by atoms with E-state index in [1.54, 1.807) is 4.90 Å². The predicted octanol–water partition coefficient (Wildman–Crippen LogP) is 6.44. The summed E-state index contributed by atoms with van der Waals surface area (Å²) in [6, 6.07) is 25.1. The fraction of sp³-hybridized carbons (Fsp3) is 0.333. The van der Waals surface area contributed by atoms with Gasteiger partial charge in [0.25, 0.3) is 0 Å². The van der Waals surface area contributed by atoms with Gasteiger partial charge in [-0.25, -0.2) is 0 Å². The van der Waals surface area contributed by atoms with Crippen LogP contribution in [0.1, 0.15) is 42.5 Å². The number of halogens is 1. The number of hydrogen-bond donors (Lipinski definition) is 1. The van der Waals surface area contributed by atoms with E-state index in [4.69, 9.17) is 11.6 Å². The molecular formula is C30H35ClN2O2S. The summed E-state index contributed by atoms with van der Waals surface area (Å²) in [4.78, 5) is 29.0. The molecule has 0 aromatic heterocycles. The summed E-state index contributed by atoms with van der Waals surface area (Å²) in [6.07, 6.45) is 1.28. The lowest BCUT2D eigenvalue weighted by Crippen LogP contribution is -2.52. The molecular weight excluding hydrogens is 488 g/mol. The zero-order valence-electron chi connectivity index (χ0n) is 21.2. The number of rotatable bonds is 12. The van der Waals surface area contributed by atoms with Crippen LogP contribution >= 0.6 is 23.4 Å². The Morgan fingerprint density at radius 3 is 2.36 bits per heavy atom. The smallest absolute Gasteiger partial charge is 0.243 e. The molecule has 0 bridgehead atoms. The molecule has 6 heteroatoms. The largest absolute Gasteiger partial charge is 0.352 e. The number of hydrogen-bond acceptors (Lipinski definition) is 3. The molecule has 3 aromatic carbocycles. The van der Waals surface area contributed by atoms with E-state index in [-0.39, 0.29) is 23.6 Å². The molecule has 3 rings (SSSR count). The monoisotopic (exact) mass is 522 g/mol. The van der Waals surface area contributed by atoms with Crippen LogP contribution in [0.2, 0.25) is 5.02 Å². The third-order valence-corrected chi connectivity index (χ3v) is 7.48. The molecule has 0 aliphatic rings. The number of carbonyl (C=O) groups is 2. The highest BCUT2D eigenvalue weighted by Crippen LogP contribution is 2.22. The number of nitrogens with zero attached hydrogens (tertiary/aromatic N) is 1. The van der Waals surface area contributed by atoms with Crippen LogP contribution in [0, 0.1) is 6.92 Å². The summed E-state index contributed by atoms with van der Waals surface area (Å²) >= 11 is 7.82. The van der Waals surface area contributed by atoms with E-state index < -0.39 is 6.04 Å². The van der Waals surface area contributed by atoms with Crippen molar-refractivity contribution < 1.29 is 9.59 Å². The maximum absolute atomic E-state index is 13.7. The average molecular weight is 523 g/mol. The standard InChI is InChI=1S/C30H35ClN2O2S/c1-4-23(3)32-30(35)28(18-24-12-6-5-7-13-24)33(19-25-14-10-11-22(2)17-25)29(34)21-36-20-26-15-8-9-16-27(26)31/h5-17,23,28H,4,18-21H2,1-3H3,(H,32,35)/t23-,28+/m0/s1. The fourth-order valence-electron chi connectivity index (χ4n) is 3.95. The Bertz CT molecular complexity index is 1140. The molecule has 1 N–H and O–H groups in total. The lowest BCUT2D eigenvalue weighted by Gasteiger charge is -2.32. The van der Waals surface area contributed by atoms with Crippen molar-refractivity contribution in [3.05, 3.63) is 106 Å². The van der Waals surface area contributed by atoms with E-state index >= 15 is 0 Å². The van der Waals surface area contributed by atoms with Gasteiger partial charge in [0, 0.05) is 29.8 Å². The topological polar surface area (TPSA) is 49.4 Å². The van der Waals surface area contributed by atoms with Crippen molar-refractivity contribution >= 4 is 35.2 Å². The maximum atomic E-state index is 13.7. The van der Waals surface area contributed by atoms with Crippen LogP contribution in [-0.2, 0) is 28.3 Å². The first-order valence-electron chi connectivity index (χ1n) is 12.4. The van der Waals surface area contributed by atoms with Crippen molar-refractivity contribution in [2.24, 2.45) is 0 Å². The van der Waals surface area contributed by atoms with Crippen LogP contribution in [0.25, 0.3) is 0 Å². The molecule has 0 saturated carbocycles.